The van der Waals surface area contributed by atoms with E-state index in [1.165, 1.54) is 0 Å². The summed E-state index contributed by atoms with van der Waals surface area (Å²) in [6.45, 7) is 1.73. The molecule has 0 saturated heterocycles. The maximum absolute atomic E-state index is 11.1. The number of carboxylic acid groups (broad SMARTS) is 1. The van der Waals surface area contributed by atoms with E-state index < -0.39 is 12.1 Å². The van der Waals surface area contributed by atoms with Gasteiger partial charge in [-0.15, -0.1) is 0 Å². The number of nitrogens with zero attached hydrogens (tertiary/aromatic N) is 1. The van der Waals surface area contributed by atoms with Crippen molar-refractivity contribution in [2.45, 2.75) is 25.9 Å². The quantitative estimate of drug-likeness (QED) is 0.720. The number of carbonyl (C=O) groups is 1. The lowest BCUT2D eigenvalue weighted by Gasteiger charge is -2.14. The van der Waals surface area contributed by atoms with Gasteiger partial charge in [0.25, 0.3) is 0 Å². The largest absolute Gasteiger partial charge is 0.479 e. The maximum Gasteiger partial charge on any atom is 0.344 e. The van der Waals surface area contributed by atoms with Gasteiger partial charge in [0.2, 0.25) is 0 Å². The summed E-state index contributed by atoms with van der Waals surface area (Å²) in [5.41, 5.74) is 2.29. The first-order valence-corrected chi connectivity index (χ1v) is 7.98. The van der Waals surface area contributed by atoms with Crippen molar-refractivity contribution in [3.8, 4) is 5.75 Å². The van der Waals surface area contributed by atoms with Crippen molar-refractivity contribution in [1.82, 2.24) is 5.16 Å². The van der Waals surface area contributed by atoms with E-state index in [0.29, 0.717) is 18.4 Å². The van der Waals surface area contributed by atoms with Gasteiger partial charge in [-0.25, -0.2) is 4.79 Å². The minimum Gasteiger partial charge on any atom is -0.479 e. The zero-order chi connectivity index (χ0) is 17.1. The van der Waals surface area contributed by atoms with Gasteiger partial charge in [-0.2, -0.15) is 0 Å². The molecule has 124 valence electrons. The molecule has 24 heavy (non-hydrogen) atoms. The zero-order valence-electron chi connectivity index (χ0n) is 13.0. The maximum atomic E-state index is 11.1. The number of benzene rings is 2. The first kappa shape index (κ1) is 16.3. The van der Waals surface area contributed by atoms with Gasteiger partial charge in [0.05, 0.1) is 5.69 Å². The molecule has 0 bridgehead atoms. The second-order valence-electron chi connectivity index (χ2n) is 5.40. The number of hydrogen-bond acceptors (Lipinski definition) is 4. The van der Waals surface area contributed by atoms with E-state index in [9.17, 15) is 4.79 Å². The minimum atomic E-state index is -1.03. The smallest absolute Gasteiger partial charge is 0.344 e. The predicted molar refractivity (Wildman–Crippen MR) is 90.6 cm³/mol. The van der Waals surface area contributed by atoms with Crippen LogP contribution in [0.25, 0.3) is 11.0 Å². The minimum absolute atomic E-state index is 0.235. The summed E-state index contributed by atoms with van der Waals surface area (Å²) in [7, 11) is 0. The van der Waals surface area contributed by atoms with Crippen molar-refractivity contribution in [3.05, 3.63) is 58.7 Å². The Labute approximate surface area is 143 Å². The Kier molecular flexibility index (Phi) is 4.71. The fourth-order valence-corrected chi connectivity index (χ4v) is 2.72. The van der Waals surface area contributed by atoms with Crippen LogP contribution in [0.2, 0.25) is 5.02 Å². The number of fused-ring (bicyclic) bond motifs is 1. The van der Waals surface area contributed by atoms with Gasteiger partial charge in [0, 0.05) is 11.8 Å². The SMILES string of the molecule is CCC(Oc1ccc2c(Cc3ccccc3)noc2c1Cl)C(=O)O. The lowest BCUT2D eigenvalue weighted by atomic mass is 10.1. The number of aromatic nitrogens is 1. The van der Waals surface area contributed by atoms with Crippen LogP contribution in [0, 0.1) is 0 Å². The molecule has 0 amide bonds. The topological polar surface area (TPSA) is 72.6 Å². The monoisotopic (exact) mass is 345 g/mol. The van der Waals surface area contributed by atoms with Gasteiger partial charge < -0.3 is 14.4 Å². The summed E-state index contributed by atoms with van der Waals surface area (Å²) in [5, 5.41) is 14.2. The summed E-state index contributed by atoms with van der Waals surface area (Å²) in [5.74, 6) is -0.753. The highest BCUT2D eigenvalue weighted by Crippen LogP contribution is 2.35. The van der Waals surface area contributed by atoms with Crippen LogP contribution in [-0.4, -0.2) is 22.3 Å². The van der Waals surface area contributed by atoms with Gasteiger partial charge in [0.1, 0.15) is 10.8 Å². The Bertz CT molecular complexity index is 860. The number of rotatable bonds is 6. The lowest BCUT2D eigenvalue weighted by molar-refractivity contribution is -0.145. The molecule has 1 aromatic heterocycles. The normalized spacial score (nSPS) is 12.2. The van der Waals surface area contributed by atoms with Crippen LogP contribution in [0.4, 0.5) is 0 Å². The van der Waals surface area contributed by atoms with Gasteiger partial charge in [-0.1, -0.05) is 54.0 Å². The number of aliphatic carboxylic acids is 1. The van der Waals surface area contributed by atoms with Gasteiger partial charge in [-0.05, 0) is 24.1 Å². The molecule has 0 aliphatic heterocycles. The molecule has 6 heteroatoms. The Hall–Kier alpha value is -2.53. The Balaban J connectivity index is 1.92. The molecular formula is C18H16ClNO4. The Morgan fingerprint density at radius 2 is 2.04 bits per heavy atom. The average molecular weight is 346 g/mol. The van der Waals surface area contributed by atoms with E-state index >= 15 is 0 Å². The van der Waals surface area contributed by atoms with E-state index in [1.54, 1.807) is 19.1 Å². The summed E-state index contributed by atoms with van der Waals surface area (Å²) in [4.78, 5) is 11.1. The fraction of sp³-hybridized carbons (Fsp3) is 0.222. The summed E-state index contributed by atoms with van der Waals surface area (Å²) in [6, 6.07) is 13.4. The fourth-order valence-electron chi connectivity index (χ4n) is 2.47. The van der Waals surface area contributed by atoms with Crippen LogP contribution in [0.5, 0.6) is 5.75 Å². The second kappa shape index (κ2) is 6.93. The number of halogens is 1. The van der Waals surface area contributed by atoms with Crippen LogP contribution < -0.4 is 4.74 Å². The van der Waals surface area contributed by atoms with E-state index in [0.717, 1.165) is 16.6 Å². The molecule has 0 aliphatic rings. The lowest BCUT2D eigenvalue weighted by Crippen LogP contribution is -2.26. The molecule has 5 nitrogen and oxygen atoms in total. The molecule has 0 saturated carbocycles. The molecule has 0 spiro atoms. The highest BCUT2D eigenvalue weighted by atomic mass is 35.5. The third-order valence-corrected chi connectivity index (χ3v) is 4.11. The van der Waals surface area contributed by atoms with Crippen molar-refractivity contribution in [2.75, 3.05) is 0 Å². The second-order valence-corrected chi connectivity index (χ2v) is 5.78. The summed E-state index contributed by atoms with van der Waals surface area (Å²) < 4.78 is 10.8. The van der Waals surface area contributed by atoms with Crippen molar-refractivity contribution in [3.63, 3.8) is 0 Å². The molecule has 0 aliphatic carbocycles. The average Bonchev–Trinajstić information content (AvgIpc) is 2.98. The predicted octanol–water partition coefficient (Wildman–Crippen LogP) is 4.31. The van der Waals surface area contributed by atoms with Crippen LogP contribution in [0.15, 0.2) is 47.0 Å². The first-order chi connectivity index (χ1) is 11.6. The molecule has 2 aromatic carbocycles. The van der Waals surface area contributed by atoms with Crippen molar-refractivity contribution < 1.29 is 19.2 Å². The molecule has 1 heterocycles. The highest BCUT2D eigenvalue weighted by molar-refractivity contribution is 6.36. The van der Waals surface area contributed by atoms with Crippen LogP contribution in [0.3, 0.4) is 0 Å². The molecule has 1 atom stereocenters. The third kappa shape index (κ3) is 3.21. The Morgan fingerprint density at radius 1 is 1.29 bits per heavy atom. The van der Waals surface area contributed by atoms with Crippen molar-refractivity contribution >= 4 is 28.5 Å². The summed E-state index contributed by atoms with van der Waals surface area (Å²) in [6.07, 6.45) is 0.00264. The van der Waals surface area contributed by atoms with E-state index in [4.69, 9.17) is 26.0 Å². The Morgan fingerprint density at radius 3 is 2.71 bits per heavy atom. The van der Waals surface area contributed by atoms with E-state index in [-0.39, 0.29) is 10.8 Å². The zero-order valence-corrected chi connectivity index (χ0v) is 13.8. The third-order valence-electron chi connectivity index (χ3n) is 3.75. The van der Waals surface area contributed by atoms with E-state index in [2.05, 4.69) is 5.16 Å². The van der Waals surface area contributed by atoms with Gasteiger partial charge in [-0.3, -0.25) is 0 Å². The highest BCUT2D eigenvalue weighted by Gasteiger charge is 2.21. The van der Waals surface area contributed by atoms with Crippen LogP contribution >= 0.6 is 11.6 Å². The van der Waals surface area contributed by atoms with E-state index in [1.807, 2.05) is 30.3 Å². The number of ether oxygens (including phenoxy) is 1. The molecule has 0 fully saturated rings. The summed E-state index contributed by atoms with van der Waals surface area (Å²) >= 11 is 6.31. The number of hydrogen-bond donors (Lipinski definition) is 1. The van der Waals surface area contributed by atoms with Crippen LogP contribution in [-0.2, 0) is 11.2 Å². The molecular weight excluding hydrogens is 330 g/mol. The standard InChI is InChI=1S/C18H16ClNO4/c1-2-14(18(21)22)23-15-9-8-12-13(20-24-17(12)16(15)19)10-11-6-4-3-5-7-11/h3-9,14H,2,10H2,1H3,(H,21,22). The van der Waals surface area contributed by atoms with Crippen molar-refractivity contribution in [1.29, 1.82) is 0 Å². The van der Waals surface area contributed by atoms with Crippen LogP contribution in [0.1, 0.15) is 24.6 Å². The number of carboxylic acids is 1. The van der Waals surface area contributed by atoms with Crippen molar-refractivity contribution in [2.24, 2.45) is 0 Å². The first-order valence-electron chi connectivity index (χ1n) is 7.60. The molecule has 1 N–H and O–H groups in total. The molecule has 0 radical (unpaired) electrons. The molecule has 1 unspecified atom stereocenters. The molecule has 3 aromatic rings. The van der Waals surface area contributed by atoms with Gasteiger partial charge in [0.15, 0.2) is 11.7 Å². The van der Waals surface area contributed by atoms with Gasteiger partial charge >= 0.3 is 5.97 Å². The molecule has 3 rings (SSSR count).